The highest BCUT2D eigenvalue weighted by atomic mass is 32.2. The Balaban J connectivity index is 1.48. The number of pyridine rings is 1. The van der Waals surface area contributed by atoms with Gasteiger partial charge in [0.2, 0.25) is 5.16 Å². The Kier molecular flexibility index (Phi) is 11.2. The number of hydrogen-bond donors (Lipinski definition) is 1. The molecule has 0 amide bonds. The Morgan fingerprint density at radius 1 is 1.02 bits per heavy atom. The second kappa shape index (κ2) is 15.3. The highest BCUT2D eigenvalue weighted by Gasteiger charge is 2.25. The molecule has 5 rings (SSSR count). The molecule has 1 fully saturated rings. The van der Waals surface area contributed by atoms with Gasteiger partial charge < -0.3 is 28.2 Å². The van der Waals surface area contributed by atoms with E-state index in [9.17, 15) is 13.0 Å². The zero-order chi connectivity index (χ0) is 31.9. The maximum Gasteiger partial charge on any atom is 0.205 e. The van der Waals surface area contributed by atoms with Crippen molar-refractivity contribution in [2.45, 2.75) is 29.7 Å². The quantitative estimate of drug-likeness (QED) is 0.157. The molecule has 2 aromatic heterocycles. The van der Waals surface area contributed by atoms with E-state index in [1.54, 1.807) is 23.9 Å². The molecule has 0 radical (unpaired) electrons. The van der Waals surface area contributed by atoms with Gasteiger partial charge in [0, 0.05) is 49.1 Å². The summed E-state index contributed by atoms with van der Waals surface area (Å²) in [5.41, 5.74) is 3.48. The summed E-state index contributed by atoms with van der Waals surface area (Å²) in [7, 11) is 1.32. The van der Waals surface area contributed by atoms with E-state index < -0.39 is 21.9 Å². The zero-order valence-corrected chi connectivity index (χ0v) is 27.4. The Morgan fingerprint density at radius 2 is 1.80 bits per heavy atom. The van der Waals surface area contributed by atoms with Gasteiger partial charge in [-0.3, -0.25) is 18.7 Å². The van der Waals surface area contributed by atoms with E-state index in [4.69, 9.17) is 23.7 Å². The summed E-state index contributed by atoms with van der Waals surface area (Å²) in [6, 6.07) is 10.5. The van der Waals surface area contributed by atoms with Gasteiger partial charge in [0.1, 0.15) is 29.4 Å². The third-order valence-corrected chi connectivity index (χ3v) is 9.46. The van der Waals surface area contributed by atoms with Crippen LogP contribution < -0.4 is 14.2 Å². The lowest BCUT2D eigenvalue weighted by Crippen LogP contribution is -2.38. The maximum absolute atomic E-state index is 14.1. The van der Waals surface area contributed by atoms with E-state index in [-0.39, 0.29) is 27.9 Å². The zero-order valence-electron chi connectivity index (χ0n) is 25.8. The van der Waals surface area contributed by atoms with Crippen molar-refractivity contribution in [3.8, 4) is 22.9 Å². The van der Waals surface area contributed by atoms with Gasteiger partial charge in [0.25, 0.3) is 0 Å². The van der Waals surface area contributed by atoms with Crippen LogP contribution in [0.5, 0.6) is 17.2 Å². The second-order valence-corrected chi connectivity index (χ2v) is 12.7. The molecule has 2 unspecified atom stereocenters. The van der Waals surface area contributed by atoms with Gasteiger partial charge in [-0.05, 0) is 26.0 Å². The molecule has 0 bridgehead atoms. The molecule has 4 aromatic rings. The summed E-state index contributed by atoms with van der Waals surface area (Å²) in [5, 5.41) is 0.170. The number of hydrogen-bond acceptors (Lipinski definition) is 10. The summed E-state index contributed by atoms with van der Waals surface area (Å²) >= 11 is -2.39. The summed E-state index contributed by atoms with van der Waals surface area (Å²) in [5.74, 6) is 1.58. The standard InChI is InChI=1S/C31H38N4O8S2/c1-21-19-32-24(22(2)30(21)40-4)20-44(36)31-33-29-26(17-23(39-3)18-28(29)45(37)38)35(31)25-7-5-6-8-27(25)43-16-15-42-14-11-34-9-12-41-13-10-34/h5-8,17-19H,9-16,20H2,1-4H3,(H,37,38). The minimum atomic E-state index is -2.39. The van der Waals surface area contributed by atoms with E-state index >= 15 is 0 Å². The SMILES string of the molecule is COc1cc(S(=O)O)c2nc(S(=O)Cc3ncc(C)c(OC)c3C)n(-c3ccccc3OCCOCCN3CCOCC3)c2c1. The largest absolute Gasteiger partial charge is 0.497 e. The fraction of sp³-hybridized carbons (Fsp3) is 0.419. The first kappa shape index (κ1) is 33.0. The normalized spacial score (nSPS) is 15.2. The van der Waals surface area contributed by atoms with Gasteiger partial charge in [-0.25, -0.2) is 9.19 Å². The Bertz CT molecular complexity index is 1690. The number of ether oxygens (including phenoxy) is 5. The summed E-state index contributed by atoms with van der Waals surface area (Å²) < 4.78 is 66.8. The van der Waals surface area contributed by atoms with Gasteiger partial charge in [-0.1, -0.05) is 12.1 Å². The van der Waals surface area contributed by atoms with E-state index in [1.807, 2.05) is 38.1 Å². The monoisotopic (exact) mass is 658 g/mol. The van der Waals surface area contributed by atoms with E-state index in [1.165, 1.54) is 13.2 Å². The van der Waals surface area contributed by atoms with Crippen molar-refractivity contribution in [3.63, 3.8) is 0 Å². The van der Waals surface area contributed by atoms with Gasteiger partial charge >= 0.3 is 0 Å². The minimum absolute atomic E-state index is 0.0414. The molecular formula is C31H38N4O8S2. The van der Waals surface area contributed by atoms with Crippen LogP contribution in [0, 0.1) is 13.8 Å². The minimum Gasteiger partial charge on any atom is -0.497 e. The van der Waals surface area contributed by atoms with Crippen LogP contribution in [0.1, 0.15) is 16.8 Å². The van der Waals surface area contributed by atoms with Crippen molar-refractivity contribution in [3.05, 3.63) is 59.4 Å². The molecule has 242 valence electrons. The number of benzene rings is 2. The Hall–Kier alpha value is -3.40. The molecule has 2 atom stereocenters. The van der Waals surface area contributed by atoms with Crippen LogP contribution in [0.15, 0.2) is 52.6 Å². The number of nitrogens with zero attached hydrogens (tertiary/aromatic N) is 4. The van der Waals surface area contributed by atoms with Gasteiger partial charge in [0.15, 0.2) is 11.1 Å². The predicted octanol–water partition coefficient (Wildman–Crippen LogP) is 3.67. The fourth-order valence-corrected chi connectivity index (χ4v) is 7.03. The van der Waals surface area contributed by atoms with Crippen molar-refractivity contribution in [1.29, 1.82) is 0 Å². The van der Waals surface area contributed by atoms with Crippen LogP contribution >= 0.6 is 0 Å². The average molecular weight is 659 g/mol. The third kappa shape index (κ3) is 7.54. The smallest absolute Gasteiger partial charge is 0.205 e. The van der Waals surface area contributed by atoms with Crippen LogP contribution in [-0.2, 0) is 37.1 Å². The Labute approximate surface area is 267 Å². The van der Waals surface area contributed by atoms with Crippen molar-refractivity contribution in [1.82, 2.24) is 19.4 Å². The molecule has 2 aromatic carbocycles. The van der Waals surface area contributed by atoms with Gasteiger partial charge in [-0.15, -0.1) is 0 Å². The predicted molar refractivity (Wildman–Crippen MR) is 171 cm³/mol. The lowest BCUT2D eigenvalue weighted by Gasteiger charge is -2.26. The maximum atomic E-state index is 14.1. The number of rotatable bonds is 14. The molecule has 0 saturated carbocycles. The van der Waals surface area contributed by atoms with E-state index in [0.717, 1.165) is 44.0 Å². The first-order valence-electron chi connectivity index (χ1n) is 14.5. The van der Waals surface area contributed by atoms with Crippen molar-refractivity contribution >= 4 is 32.9 Å². The lowest BCUT2D eigenvalue weighted by atomic mass is 10.1. The fourth-order valence-electron chi connectivity index (χ4n) is 5.24. The molecule has 1 saturated heterocycles. The molecule has 45 heavy (non-hydrogen) atoms. The van der Waals surface area contributed by atoms with Crippen molar-refractivity contribution < 1.29 is 36.7 Å². The lowest BCUT2D eigenvalue weighted by molar-refractivity contribution is 0.0170. The Morgan fingerprint density at radius 3 is 2.53 bits per heavy atom. The van der Waals surface area contributed by atoms with Crippen molar-refractivity contribution in [2.75, 3.05) is 66.9 Å². The molecule has 1 aliphatic heterocycles. The van der Waals surface area contributed by atoms with Crippen molar-refractivity contribution in [2.24, 2.45) is 0 Å². The number of methoxy groups -OCH3 is 2. The summed E-state index contributed by atoms with van der Waals surface area (Å²) in [6.07, 6.45) is 1.69. The molecule has 0 aliphatic carbocycles. The highest BCUT2D eigenvalue weighted by Crippen LogP contribution is 2.35. The van der Waals surface area contributed by atoms with Crippen LogP contribution in [-0.4, -0.2) is 99.3 Å². The summed E-state index contributed by atoms with van der Waals surface area (Å²) in [6.45, 7) is 9.13. The van der Waals surface area contributed by atoms with Crippen LogP contribution in [0.25, 0.3) is 16.7 Å². The number of aryl methyl sites for hydroxylation is 1. The molecule has 12 nitrogen and oxygen atoms in total. The number of para-hydroxylation sites is 2. The molecule has 3 heterocycles. The van der Waals surface area contributed by atoms with Crippen LogP contribution in [0.3, 0.4) is 0 Å². The molecule has 1 N–H and O–H groups in total. The first-order chi connectivity index (χ1) is 21.8. The molecular weight excluding hydrogens is 620 g/mol. The molecule has 1 aliphatic rings. The average Bonchev–Trinajstić information content (AvgIpc) is 3.43. The molecule has 0 spiro atoms. The van der Waals surface area contributed by atoms with Crippen LogP contribution in [0.2, 0.25) is 0 Å². The molecule has 14 heteroatoms. The number of fused-ring (bicyclic) bond motifs is 1. The van der Waals surface area contributed by atoms with Crippen LogP contribution in [0.4, 0.5) is 0 Å². The van der Waals surface area contributed by atoms with Gasteiger partial charge in [-0.2, -0.15) is 0 Å². The number of aromatic nitrogens is 3. The second-order valence-electron chi connectivity index (χ2n) is 10.4. The summed E-state index contributed by atoms with van der Waals surface area (Å²) in [4.78, 5) is 11.6. The highest BCUT2D eigenvalue weighted by molar-refractivity contribution is 7.84. The van der Waals surface area contributed by atoms with E-state index in [0.29, 0.717) is 47.4 Å². The van der Waals surface area contributed by atoms with E-state index in [2.05, 4.69) is 14.9 Å². The van der Waals surface area contributed by atoms with Gasteiger partial charge in [0.05, 0.1) is 79.0 Å². The number of imidazole rings is 1. The number of morpholine rings is 1. The third-order valence-electron chi connectivity index (χ3n) is 7.56. The first-order valence-corrected chi connectivity index (χ1v) is 16.9. The topological polar surface area (TPSA) is 134 Å².